The number of aryl methyl sites for hydroxylation is 1. The van der Waals surface area contributed by atoms with Crippen LogP contribution in [0, 0.1) is 0 Å². The van der Waals surface area contributed by atoms with Crippen LogP contribution in [0.3, 0.4) is 0 Å². The number of nitrogens with one attached hydrogen (secondary N) is 1. The second kappa shape index (κ2) is 9.70. The zero-order valence-corrected chi connectivity index (χ0v) is 23.4. The van der Waals surface area contributed by atoms with Crippen LogP contribution in [-0.2, 0) is 16.2 Å². The van der Waals surface area contributed by atoms with E-state index in [-0.39, 0.29) is 17.1 Å². The fourth-order valence-electron chi connectivity index (χ4n) is 3.86. The van der Waals surface area contributed by atoms with Gasteiger partial charge >= 0.3 is 12.0 Å². The zero-order chi connectivity index (χ0) is 26.3. The van der Waals surface area contributed by atoms with Gasteiger partial charge in [0, 0.05) is 7.05 Å². The Kier molecular flexibility index (Phi) is 6.98. The summed E-state index contributed by atoms with van der Waals surface area (Å²) in [5, 5.41) is 3.31. The number of hydrogen-bond acceptors (Lipinski definition) is 7. The predicted molar refractivity (Wildman–Crippen MR) is 145 cm³/mol. The first-order valence-electron chi connectivity index (χ1n) is 12.4. The Labute approximate surface area is 213 Å². The van der Waals surface area contributed by atoms with Gasteiger partial charge in [0.1, 0.15) is 5.52 Å². The number of hydrogen-bond donors (Lipinski definition) is 1. The molecule has 1 atom stereocenters. The van der Waals surface area contributed by atoms with Crippen molar-refractivity contribution in [2.24, 2.45) is 7.05 Å². The summed E-state index contributed by atoms with van der Waals surface area (Å²) in [6.07, 6.45) is 0.885. The molecule has 1 unspecified atom stereocenters. The third-order valence-electron chi connectivity index (χ3n) is 7.01. The fourth-order valence-corrected chi connectivity index (χ4v) is 5.23. The Morgan fingerprint density at radius 1 is 1.11 bits per heavy atom. The monoisotopic (exact) mass is 508 g/mol. The van der Waals surface area contributed by atoms with Gasteiger partial charge in [-0.05, 0) is 67.4 Å². The number of anilines is 2. The lowest BCUT2D eigenvalue weighted by Gasteiger charge is -2.39. The summed E-state index contributed by atoms with van der Waals surface area (Å²) < 4.78 is 19.7. The summed E-state index contributed by atoms with van der Waals surface area (Å²) in [5.74, 6) is 0.197. The zero-order valence-electron chi connectivity index (χ0n) is 22.4. The fraction of sp³-hybridized carbons (Fsp3) is 0.444. The minimum atomic E-state index is -1.92. The molecule has 2 aromatic heterocycles. The van der Waals surface area contributed by atoms with Crippen LogP contribution in [0.4, 0.5) is 12.0 Å². The number of carbonyl (C=O) groups excluding carboxylic acids is 1. The van der Waals surface area contributed by atoms with Gasteiger partial charge in [-0.2, -0.15) is 4.98 Å². The lowest BCUT2D eigenvalue weighted by Crippen LogP contribution is -2.41. The molecule has 2 aromatic carbocycles. The van der Waals surface area contributed by atoms with Crippen LogP contribution in [0.5, 0.6) is 0 Å². The van der Waals surface area contributed by atoms with Gasteiger partial charge in [-0.3, -0.25) is 5.32 Å². The molecule has 0 saturated heterocycles. The molecule has 2 heterocycles. The molecule has 0 aliphatic carbocycles. The molecule has 4 rings (SSSR count). The van der Waals surface area contributed by atoms with Crippen LogP contribution >= 0.6 is 0 Å². The van der Waals surface area contributed by atoms with Gasteiger partial charge in [0.15, 0.2) is 13.9 Å². The number of aromatic nitrogens is 3. The predicted octanol–water partition coefficient (Wildman–Crippen LogP) is 7.11. The molecular weight excluding hydrogens is 472 g/mol. The third-order valence-corrected chi connectivity index (χ3v) is 11.5. The van der Waals surface area contributed by atoms with Crippen LogP contribution in [-0.4, -0.2) is 35.4 Å². The molecule has 4 aromatic rings. The van der Waals surface area contributed by atoms with Gasteiger partial charge in [0.25, 0.3) is 0 Å². The number of rotatable bonds is 8. The lowest BCUT2D eigenvalue weighted by molar-refractivity contribution is 0.0526. The second-order valence-corrected chi connectivity index (χ2v) is 15.3. The van der Waals surface area contributed by atoms with Gasteiger partial charge in [0.2, 0.25) is 5.95 Å². The molecule has 192 valence electrons. The number of ether oxygens (including phenoxy) is 1. The minimum absolute atomic E-state index is 0.00485. The first kappa shape index (κ1) is 25.9. The van der Waals surface area contributed by atoms with Gasteiger partial charge in [-0.15, -0.1) is 0 Å². The number of esters is 1. The SMILES string of the molecule is CCOC(=O)c1ccc2c(c1)nc(Nc1nc3ccc(C(CC)O[Si](C)(C)C(C)(C)C)cc3o1)n2C. The molecule has 0 aliphatic heterocycles. The van der Waals surface area contributed by atoms with Crippen molar-refractivity contribution in [3.05, 3.63) is 47.5 Å². The smallest absolute Gasteiger partial charge is 0.338 e. The molecule has 0 amide bonds. The van der Waals surface area contributed by atoms with Crippen molar-refractivity contribution in [2.45, 2.75) is 65.3 Å². The molecular formula is C27H36N4O4Si. The maximum atomic E-state index is 12.1. The van der Waals surface area contributed by atoms with Crippen LogP contribution in [0.1, 0.15) is 63.1 Å². The summed E-state index contributed by atoms with van der Waals surface area (Å²) in [6, 6.07) is 11.7. The first-order valence-corrected chi connectivity index (χ1v) is 15.3. The maximum Gasteiger partial charge on any atom is 0.338 e. The van der Waals surface area contributed by atoms with Crippen LogP contribution in [0.25, 0.3) is 22.1 Å². The Bertz CT molecular complexity index is 1400. The third kappa shape index (κ3) is 5.03. The van der Waals surface area contributed by atoms with E-state index in [1.165, 1.54) is 0 Å². The molecule has 0 radical (unpaired) electrons. The standard InChI is InChI=1S/C27H36N4O4Si/c1-9-22(35-36(7,8)27(3,4)5)17-11-13-19-23(16-17)34-26(29-19)30-25-28-20-15-18(24(32)33-10-2)12-14-21(20)31(25)6/h11-16,22H,9-10H2,1-8H3,(H,28,29,30). The summed E-state index contributed by atoms with van der Waals surface area (Å²) in [4.78, 5) is 21.3. The topological polar surface area (TPSA) is 91.4 Å². The Morgan fingerprint density at radius 3 is 2.53 bits per heavy atom. The van der Waals surface area contributed by atoms with E-state index in [2.05, 4.69) is 62.1 Å². The quantitative estimate of drug-likeness (QED) is 0.200. The first-order chi connectivity index (χ1) is 16.9. The molecule has 8 nitrogen and oxygen atoms in total. The Balaban J connectivity index is 1.59. The van der Waals surface area contributed by atoms with Crippen LogP contribution < -0.4 is 5.32 Å². The number of oxazole rings is 1. The van der Waals surface area contributed by atoms with E-state index in [0.29, 0.717) is 35.2 Å². The van der Waals surface area contributed by atoms with Crippen LogP contribution in [0.2, 0.25) is 18.1 Å². The van der Waals surface area contributed by atoms with E-state index in [4.69, 9.17) is 13.6 Å². The highest BCUT2D eigenvalue weighted by Crippen LogP contribution is 2.41. The summed E-state index contributed by atoms with van der Waals surface area (Å²) in [5.41, 5.74) is 4.55. The molecule has 0 aliphatic rings. The molecule has 36 heavy (non-hydrogen) atoms. The Morgan fingerprint density at radius 2 is 1.86 bits per heavy atom. The van der Waals surface area contributed by atoms with E-state index < -0.39 is 8.32 Å². The number of fused-ring (bicyclic) bond motifs is 2. The normalized spacial score (nSPS) is 13.3. The van der Waals surface area contributed by atoms with E-state index in [9.17, 15) is 4.79 Å². The average molecular weight is 509 g/mol. The van der Waals surface area contributed by atoms with Crippen molar-refractivity contribution in [1.29, 1.82) is 0 Å². The highest BCUT2D eigenvalue weighted by Gasteiger charge is 2.39. The van der Waals surface area contributed by atoms with E-state index in [1.807, 2.05) is 29.8 Å². The largest absolute Gasteiger partial charge is 0.462 e. The highest BCUT2D eigenvalue weighted by molar-refractivity contribution is 6.74. The van der Waals surface area contributed by atoms with Gasteiger partial charge < -0.3 is 18.1 Å². The number of benzene rings is 2. The van der Waals surface area contributed by atoms with Gasteiger partial charge in [0.05, 0.1) is 29.3 Å². The van der Waals surface area contributed by atoms with Crippen LogP contribution in [0.15, 0.2) is 40.8 Å². The summed E-state index contributed by atoms with van der Waals surface area (Å²) in [6.45, 7) is 15.6. The van der Waals surface area contributed by atoms with Crippen molar-refractivity contribution >= 4 is 48.4 Å². The average Bonchev–Trinajstić information content (AvgIpc) is 3.36. The van der Waals surface area contributed by atoms with Gasteiger partial charge in [-0.1, -0.05) is 33.8 Å². The molecule has 0 spiro atoms. The highest BCUT2D eigenvalue weighted by atomic mass is 28.4. The minimum Gasteiger partial charge on any atom is -0.462 e. The van der Waals surface area contributed by atoms with E-state index >= 15 is 0 Å². The van der Waals surface area contributed by atoms with Crippen molar-refractivity contribution in [3.8, 4) is 0 Å². The number of nitrogens with zero attached hydrogens (tertiary/aromatic N) is 3. The molecule has 0 bridgehead atoms. The van der Waals surface area contributed by atoms with Crippen molar-refractivity contribution in [1.82, 2.24) is 14.5 Å². The number of imidazole rings is 1. The number of carbonyl (C=O) groups is 1. The second-order valence-electron chi connectivity index (χ2n) is 10.6. The molecule has 9 heteroatoms. The Hall–Kier alpha value is -3.17. The molecule has 1 N–H and O–H groups in total. The lowest BCUT2D eigenvalue weighted by atomic mass is 10.1. The summed E-state index contributed by atoms with van der Waals surface area (Å²) in [7, 11) is -0.0270. The van der Waals surface area contributed by atoms with Crippen molar-refractivity contribution in [2.75, 3.05) is 11.9 Å². The molecule has 0 fully saturated rings. The van der Waals surface area contributed by atoms with E-state index in [1.54, 1.807) is 19.1 Å². The van der Waals surface area contributed by atoms with E-state index in [0.717, 1.165) is 23.0 Å². The maximum absolute atomic E-state index is 12.1. The van der Waals surface area contributed by atoms with Crippen molar-refractivity contribution in [3.63, 3.8) is 0 Å². The van der Waals surface area contributed by atoms with Crippen molar-refractivity contribution < 1.29 is 18.4 Å². The molecule has 0 saturated carbocycles. The van der Waals surface area contributed by atoms with Gasteiger partial charge in [-0.25, -0.2) is 9.78 Å². The summed E-state index contributed by atoms with van der Waals surface area (Å²) >= 11 is 0.